The lowest BCUT2D eigenvalue weighted by molar-refractivity contribution is 0.0735. The first-order chi connectivity index (χ1) is 15.6. The predicted molar refractivity (Wildman–Crippen MR) is 120 cm³/mol. The number of aromatic nitrogens is 4. The minimum atomic E-state index is 0.0136. The van der Waals surface area contributed by atoms with Crippen LogP contribution in [0.5, 0.6) is 0 Å². The summed E-state index contributed by atoms with van der Waals surface area (Å²) in [5.41, 5.74) is 3.81. The fourth-order valence-electron chi connectivity index (χ4n) is 4.86. The Balaban J connectivity index is 1.29. The Labute approximate surface area is 189 Å². The maximum absolute atomic E-state index is 13.7. The van der Waals surface area contributed by atoms with Crippen LogP contribution in [0.4, 0.5) is 6.01 Å². The number of hydrogen-bond acceptors (Lipinski definition) is 6. The second kappa shape index (κ2) is 7.34. The molecule has 0 unspecified atom stereocenters. The molecule has 9 heteroatoms. The molecule has 0 radical (unpaired) electrons. The third-order valence-electron chi connectivity index (χ3n) is 6.40. The van der Waals surface area contributed by atoms with Crippen molar-refractivity contribution >= 4 is 34.6 Å². The molecule has 2 bridgehead atoms. The van der Waals surface area contributed by atoms with Crippen LogP contribution in [0, 0.1) is 6.92 Å². The van der Waals surface area contributed by atoms with Gasteiger partial charge in [0.15, 0.2) is 5.58 Å². The number of piperidine rings is 1. The Morgan fingerprint density at radius 1 is 1.12 bits per heavy atom. The van der Waals surface area contributed by atoms with E-state index in [0.717, 1.165) is 30.5 Å². The molecule has 2 fully saturated rings. The molecule has 2 aliphatic heterocycles. The van der Waals surface area contributed by atoms with Gasteiger partial charge in [-0.15, -0.1) is 0 Å². The van der Waals surface area contributed by atoms with Crippen LogP contribution >= 0.6 is 11.6 Å². The smallest absolute Gasteiger partial charge is 0.298 e. The van der Waals surface area contributed by atoms with E-state index in [1.165, 1.54) is 4.80 Å². The van der Waals surface area contributed by atoms with Crippen molar-refractivity contribution in [2.24, 2.45) is 0 Å². The van der Waals surface area contributed by atoms with Gasteiger partial charge in [-0.3, -0.25) is 4.79 Å². The Bertz CT molecular complexity index is 1320. The molecule has 162 valence electrons. The molecule has 4 heterocycles. The van der Waals surface area contributed by atoms with E-state index in [0.29, 0.717) is 34.4 Å². The highest BCUT2D eigenvalue weighted by Gasteiger charge is 2.43. The van der Waals surface area contributed by atoms with Gasteiger partial charge in [0.2, 0.25) is 0 Å². The van der Waals surface area contributed by atoms with Crippen molar-refractivity contribution in [3.05, 3.63) is 64.9 Å². The summed E-state index contributed by atoms with van der Waals surface area (Å²) in [5.74, 6) is 0.0136. The fraction of sp³-hybridized carbons (Fsp3) is 0.304. The van der Waals surface area contributed by atoms with E-state index in [4.69, 9.17) is 16.0 Å². The van der Waals surface area contributed by atoms with Crippen molar-refractivity contribution in [1.82, 2.24) is 24.9 Å². The SMILES string of the molecule is Cc1ccc(-n2nccn2)c(C(=O)N2C[C@H]3C[C@H]2CCN3c2nc3cc(Cl)ccc3o2)c1. The first-order valence-electron chi connectivity index (χ1n) is 10.7. The number of hydrogen-bond donors (Lipinski definition) is 0. The third kappa shape index (κ3) is 3.14. The van der Waals surface area contributed by atoms with E-state index in [2.05, 4.69) is 20.1 Å². The number of nitrogens with zero attached hydrogens (tertiary/aromatic N) is 6. The largest absolute Gasteiger partial charge is 0.423 e. The molecule has 0 spiro atoms. The van der Waals surface area contributed by atoms with Crippen molar-refractivity contribution in [1.29, 1.82) is 0 Å². The van der Waals surface area contributed by atoms with Crippen LogP contribution in [0.1, 0.15) is 28.8 Å². The Morgan fingerprint density at radius 3 is 2.81 bits per heavy atom. The molecule has 0 N–H and O–H groups in total. The first-order valence-corrected chi connectivity index (χ1v) is 11.1. The van der Waals surface area contributed by atoms with E-state index in [1.807, 2.05) is 42.2 Å². The molecule has 2 aromatic carbocycles. The average Bonchev–Trinajstić information content (AvgIpc) is 3.52. The number of likely N-dealkylation sites (tertiary alicyclic amines) is 1. The van der Waals surface area contributed by atoms with Gasteiger partial charge in [-0.2, -0.15) is 20.0 Å². The lowest BCUT2D eigenvalue weighted by Gasteiger charge is -2.31. The van der Waals surface area contributed by atoms with Gasteiger partial charge in [-0.25, -0.2) is 0 Å². The molecule has 2 aromatic heterocycles. The van der Waals surface area contributed by atoms with Crippen molar-refractivity contribution in [3.63, 3.8) is 0 Å². The number of fused-ring (bicyclic) bond motifs is 3. The van der Waals surface area contributed by atoms with Gasteiger partial charge in [-0.1, -0.05) is 23.2 Å². The number of rotatable bonds is 3. The van der Waals surface area contributed by atoms with Gasteiger partial charge in [0, 0.05) is 24.2 Å². The lowest BCUT2D eigenvalue weighted by atomic mass is 10.0. The average molecular weight is 449 g/mol. The molecule has 2 saturated heterocycles. The van der Waals surface area contributed by atoms with E-state index in [-0.39, 0.29) is 18.0 Å². The first kappa shape index (κ1) is 19.3. The standard InChI is InChI=1S/C23H21ClN6O2/c1-14-2-4-20(30-25-7-8-26-30)18(10-14)22(31)29-13-17-12-16(29)6-9-28(17)23-27-19-11-15(24)3-5-21(19)32-23/h2-5,7-8,10-11,16-17H,6,9,12-13H2,1H3/t16-,17-/m1/s1. The number of carbonyl (C=O) groups is 1. The quantitative estimate of drug-likeness (QED) is 0.473. The number of anilines is 1. The summed E-state index contributed by atoms with van der Waals surface area (Å²) >= 11 is 6.10. The van der Waals surface area contributed by atoms with E-state index in [1.54, 1.807) is 18.5 Å². The minimum absolute atomic E-state index is 0.0136. The molecule has 6 rings (SSSR count). The van der Waals surface area contributed by atoms with Crippen molar-refractivity contribution in [2.45, 2.75) is 31.8 Å². The van der Waals surface area contributed by atoms with Crippen LogP contribution < -0.4 is 4.90 Å². The summed E-state index contributed by atoms with van der Waals surface area (Å²) in [4.78, 5) is 24.0. The third-order valence-corrected chi connectivity index (χ3v) is 6.63. The molecule has 0 saturated carbocycles. The summed E-state index contributed by atoms with van der Waals surface area (Å²) in [5, 5.41) is 9.09. The monoisotopic (exact) mass is 448 g/mol. The zero-order valence-electron chi connectivity index (χ0n) is 17.5. The fourth-order valence-corrected chi connectivity index (χ4v) is 5.03. The van der Waals surface area contributed by atoms with Crippen LogP contribution in [0.3, 0.4) is 0 Å². The highest BCUT2D eigenvalue weighted by molar-refractivity contribution is 6.31. The maximum Gasteiger partial charge on any atom is 0.298 e. The van der Waals surface area contributed by atoms with Crippen LogP contribution in [0.15, 0.2) is 53.2 Å². The van der Waals surface area contributed by atoms with E-state index < -0.39 is 0 Å². The highest BCUT2D eigenvalue weighted by Crippen LogP contribution is 2.36. The van der Waals surface area contributed by atoms with Crippen molar-refractivity contribution < 1.29 is 9.21 Å². The van der Waals surface area contributed by atoms with Gasteiger partial charge in [0.1, 0.15) is 5.52 Å². The van der Waals surface area contributed by atoms with Crippen molar-refractivity contribution in [2.75, 3.05) is 18.0 Å². The second-order valence-electron chi connectivity index (χ2n) is 8.43. The summed E-state index contributed by atoms with van der Waals surface area (Å²) in [6.07, 6.45) is 4.99. The topological polar surface area (TPSA) is 80.3 Å². The van der Waals surface area contributed by atoms with Crippen LogP contribution in [0.25, 0.3) is 16.8 Å². The lowest BCUT2D eigenvalue weighted by Crippen LogP contribution is -2.40. The molecule has 0 aliphatic carbocycles. The summed E-state index contributed by atoms with van der Waals surface area (Å²) in [6, 6.07) is 12.2. The Kier molecular flexibility index (Phi) is 4.43. The molecule has 2 aliphatic rings. The summed E-state index contributed by atoms with van der Waals surface area (Å²) in [7, 11) is 0. The Morgan fingerprint density at radius 2 is 1.97 bits per heavy atom. The van der Waals surface area contributed by atoms with Crippen molar-refractivity contribution in [3.8, 4) is 5.69 Å². The minimum Gasteiger partial charge on any atom is -0.423 e. The zero-order chi connectivity index (χ0) is 21.8. The summed E-state index contributed by atoms with van der Waals surface area (Å²) < 4.78 is 6.01. The molecule has 4 aromatic rings. The van der Waals surface area contributed by atoms with Gasteiger partial charge in [0.05, 0.1) is 29.7 Å². The van der Waals surface area contributed by atoms with Crippen LogP contribution in [-0.4, -0.2) is 56.0 Å². The normalized spacial score (nSPS) is 20.3. The number of benzene rings is 2. The number of oxazole rings is 1. The second-order valence-corrected chi connectivity index (χ2v) is 8.87. The Hall–Kier alpha value is -3.39. The summed E-state index contributed by atoms with van der Waals surface area (Å²) in [6.45, 7) is 3.41. The molecule has 2 atom stereocenters. The van der Waals surface area contributed by atoms with Gasteiger partial charge >= 0.3 is 0 Å². The predicted octanol–water partition coefficient (Wildman–Crippen LogP) is 3.86. The van der Waals surface area contributed by atoms with Gasteiger partial charge in [0.25, 0.3) is 11.9 Å². The number of amides is 1. The molecule has 32 heavy (non-hydrogen) atoms. The van der Waals surface area contributed by atoms with Gasteiger partial charge < -0.3 is 14.2 Å². The molecular formula is C23H21ClN6O2. The molecule has 8 nitrogen and oxygen atoms in total. The van der Waals surface area contributed by atoms with Crippen LogP contribution in [-0.2, 0) is 0 Å². The molecular weight excluding hydrogens is 428 g/mol. The van der Waals surface area contributed by atoms with E-state index >= 15 is 0 Å². The highest BCUT2D eigenvalue weighted by atomic mass is 35.5. The van der Waals surface area contributed by atoms with Gasteiger partial charge in [-0.05, 0) is 50.1 Å². The number of halogens is 1. The number of aryl methyl sites for hydroxylation is 1. The maximum atomic E-state index is 13.7. The zero-order valence-corrected chi connectivity index (χ0v) is 18.2. The van der Waals surface area contributed by atoms with Crippen LogP contribution in [0.2, 0.25) is 5.02 Å². The van der Waals surface area contributed by atoms with E-state index in [9.17, 15) is 4.79 Å². The molecule has 1 amide bonds. The number of carbonyl (C=O) groups excluding carboxylic acids is 1.